The minimum atomic E-state index is 0.657. The molecular formula is C37H22N4O. The van der Waals surface area contributed by atoms with E-state index < -0.39 is 0 Å². The van der Waals surface area contributed by atoms with E-state index in [1.54, 1.807) is 0 Å². The molecule has 5 aromatic carbocycles. The molecule has 196 valence electrons. The summed E-state index contributed by atoms with van der Waals surface area (Å²) in [5.74, 6) is 0.657. The summed E-state index contributed by atoms with van der Waals surface area (Å²) in [7, 11) is 0. The van der Waals surface area contributed by atoms with Gasteiger partial charge in [-0.05, 0) is 42.0 Å². The minimum absolute atomic E-state index is 0.657. The SMILES string of the molecule is c1ccc(-c2nc(-c3ccc4c(c3)oc3ccccc34)c3cc(-c4ccccc4)n4c5ccccc5nc4c3n2)cc1. The molecule has 0 aliphatic carbocycles. The van der Waals surface area contributed by atoms with Gasteiger partial charge in [0.15, 0.2) is 11.5 Å². The zero-order valence-corrected chi connectivity index (χ0v) is 22.4. The van der Waals surface area contributed by atoms with Crippen molar-refractivity contribution >= 4 is 49.5 Å². The van der Waals surface area contributed by atoms with E-state index in [2.05, 4.69) is 77.2 Å². The molecular weight excluding hydrogens is 516 g/mol. The largest absolute Gasteiger partial charge is 0.456 e. The maximum absolute atomic E-state index is 6.28. The number of benzene rings is 5. The van der Waals surface area contributed by atoms with Gasteiger partial charge in [-0.1, -0.05) is 97.1 Å². The van der Waals surface area contributed by atoms with Crippen LogP contribution in [0.15, 0.2) is 138 Å². The van der Waals surface area contributed by atoms with Crippen molar-refractivity contribution in [2.24, 2.45) is 0 Å². The second-order valence-electron chi connectivity index (χ2n) is 10.5. The quantitative estimate of drug-likeness (QED) is 0.225. The topological polar surface area (TPSA) is 56.2 Å². The standard InChI is InChI=1S/C37H22N4O/c1-3-11-23(12-4-1)31-22-28-34(25-19-20-27-26-15-7-10-18-32(26)42-33(27)21-25)39-36(24-13-5-2-6-14-24)40-35(28)37-38-29-16-8-9-17-30(29)41(31)37/h1-22H. The number of para-hydroxylation sites is 3. The lowest BCUT2D eigenvalue weighted by molar-refractivity contribution is 0.669. The molecule has 0 saturated carbocycles. The van der Waals surface area contributed by atoms with E-state index in [1.165, 1.54) is 0 Å². The third-order valence-electron chi connectivity index (χ3n) is 7.99. The number of nitrogens with zero attached hydrogens (tertiary/aromatic N) is 4. The van der Waals surface area contributed by atoms with Gasteiger partial charge < -0.3 is 4.42 Å². The number of imidazole rings is 1. The Balaban J connectivity index is 1.43. The Hall–Kier alpha value is -5.81. The fourth-order valence-electron chi connectivity index (χ4n) is 6.04. The second-order valence-corrected chi connectivity index (χ2v) is 10.5. The van der Waals surface area contributed by atoms with E-state index in [-0.39, 0.29) is 0 Å². The Labute approximate surface area is 240 Å². The summed E-state index contributed by atoms with van der Waals surface area (Å²) < 4.78 is 8.51. The normalized spacial score (nSPS) is 11.8. The van der Waals surface area contributed by atoms with Crippen LogP contribution in [-0.4, -0.2) is 19.4 Å². The molecule has 0 amide bonds. The molecule has 0 atom stereocenters. The second kappa shape index (κ2) is 8.85. The Morgan fingerprint density at radius 2 is 1.21 bits per heavy atom. The van der Waals surface area contributed by atoms with Crippen molar-refractivity contribution in [2.75, 3.05) is 0 Å². The molecule has 4 heterocycles. The average Bonchev–Trinajstić information content (AvgIpc) is 3.63. The van der Waals surface area contributed by atoms with Crippen molar-refractivity contribution in [1.29, 1.82) is 0 Å². The summed E-state index contributed by atoms with van der Waals surface area (Å²) in [6.07, 6.45) is 0. The van der Waals surface area contributed by atoms with Gasteiger partial charge in [0.1, 0.15) is 16.7 Å². The highest BCUT2D eigenvalue weighted by molar-refractivity contribution is 6.08. The maximum atomic E-state index is 6.28. The molecule has 9 aromatic rings. The number of furan rings is 1. The van der Waals surface area contributed by atoms with Gasteiger partial charge in [0.2, 0.25) is 0 Å². The molecule has 5 heteroatoms. The summed E-state index contributed by atoms with van der Waals surface area (Å²) in [5, 5.41) is 3.13. The zero-order chi connectivity index (χ0) is 27.6. The van der Waals surface area contributed by atoms with Crippen LogP contribution >= 0.6 is 0 Å². The van der Waals surface area contributed by atoms with Crippen LogP contribution in [-0.2, 0) is 0 Å². The molecule has 0 unspecified atom stereocenters. The van der Waals surface area contributed by atoms with Crippen molar-refractivity contribution in [3.8, 4) is 33.9 Å². The van der Waals surface area contributed by atoms with Gasteiger partial charge in [-0.25, -0.2) is 15.0 Å². The molecule has 0 aliphatic rings. The van der Waals surface area contributed by atoms with Crippen LogP contribution in [0.1, 0.15) is 0 Å². The molecule has 42 heavy (non-hydrogen) atoms. The fraction of sp³-hybridized carbons (Fsp3) is 0. The first-order valence-electron chi connectivity index (χ1n) is 14.0. The summed E-state index contributed by atoms with van der Waals surface area (Å²) in [4.78, 5) is 15.5. The summed E-state index contributed by atoms with van der Waals surface area (Å²) in [5.41, 5.74) is 10.2. The van der Waals surface area contributed by atoms with E-state index in [1.807, 2.05) is 60.7 Å². The monoisotopic (exact) mass is 538 g/mol. The number of pyridine rings is 1. The van der Waals surface area contributed by atoms with Crippen LogP contribution in [0.25, 0.3) is 83.4 Å². The number of fused-ring (bicyclic) bond motifs is 8. The molecule has 5 nitrogen and oxygen atoms in total. The molecule has 4 aromatic heterocycles. The van der Waals surface area contributed by atoms with Crippen molar-refractivity contribution in [2.45, 2.75) is 0 Å². The van der Waals surface area contributed by atoms with Gasteiger partial charge in [0, 0.05) is 27.3 Å². The number of hydrogen-bond donors (Lipinski definition) is 0. The fourth-order valence-corrected chi connectivity index (χ4v) is 6.04. The van der Waals surface area contributed by atoms with Crippen LogP contribution in [0.4, 0.5) is 0 Å². The number of aromatic nitrogens is 4. The lowest BCUT2D eigenvalue weighted by Gasteiger charge is -2.14. The Morgan fingerprint density at radius 3 is 2.07 bits per heavy atom. The van der Waals surface area contributed by atoms with Crippen molar-refractivity contribution in [1.82, 2.24) is 19.4 Å². The highest BCUT2D eigenvalue weighted by atomic mass is 16.3. The number of rotatable bonds is 3. The van der Waals surface area contributed by atoms with Crippen LogP contribution in [0, 0.1) is 0 Å². The third-order valence-corrected chi connectivity index (χ3v) is 7.99. The van der Waals surface area contributed by atoms with E-state index >= 15 is 0 Å². The Morgan fingerprint density at radius 1 is 0.500 bits per heavy atom. The molecule has 0 bridgehead atoms. The van der Waals surface area contributed by atoms with Gasteiger partial charge in [0.05, 0.1) is 22.4 Å². The van der Waals surface area contributed by atoms with Gasteiger partial charge in [-0.15, -0.1) is 0 Å². The smallest absolute Gasteiger partial charge is 0.165 e. The first-order chi connectivity index (χ1) is 20.8. The van der Waals surface area contributed by atoms with E-state index in [0.717, 1.165) is 77.6 Å². The lowest BCUT2D eigenvalue weighted by Crippen LogP contribution is -2.00. The first-order valence-corrected chi connectivity index (χ1v) is 14.0. The zero-order valence-electron chi connectivity index (χ0n) is 22.4. The molecule has 9 rings (SSSR count). The molecule has 0 N–H and O–H groups in total. The summed E-state index contributed by atoms with van der Waals surface area (Å²) in [6, 6.07) is 45.5. The van der Waals surface area contributed by atoms with E-state index in [9.17, 15) is 0 Å². The van der Waals surface area contributed by atoms with Gasteiger partial charge in [-0.2, -0.15) is 0 Å². The lowest BCUT2D eigenvalue weighted by atomic mass is 10.0. The predicted molar refractivity (Wildman–Crippen MR) is 169 cm³/mol. The first kappa shape index (κ1) is 22.9. The van der Waals surface area contributed by atoms with Crippen LogP contribution in [0.5, 0.6) is 0 Å². The van der Waals surface area contributed by atoms with Gasteiger partial charge >= 0.3 is 0 Å². The van der Waals surface area contributed by atoms with Crippen LogP contribution in [0.2, 0.25) is 0 Å². The minimum Gasteiger partial charge on any atom is -0.456 e. The summed E-state index contributed by atoms with van der Waals surface area (Å²) >= 11 is 0. The average molecular weight is 539 g/mol. The predicted octanol–water partition coefficient (Wildman–Crippen LogP) is 9.33. The van der Waals surface area contributed by atoms with E-state index in [4.69, 9.17) is 19.4 Å². The summed E-state index contributed by atoms with van der Waals surface area (Å²) in [6.45, 7) is 0. The van der Waals surface area contributed by atoms with E-state index in [0.29, 0.717) is 5.82 Å². The van der Waals surface area contributed by atoms with Crippen LogP contribution in [0.3, 0.4) is 0 Å². The van der Waals surface area contributed by atoms with Crippen molar-refractivity contribution in [3.63, 3.8) is 0 Å². The molecule has 0 fully saturated rings. The maximum Gasteiger partial charge on any atom is 0.165 e. The Bertz CT molecular complexity index is 2460. The number of hydrogen-bond acceptors (Lipinski definition) is 4. The molecule has 0 radical (unpaired) electrons. The highest BCUT2D eigenvalue weighted by Gasteiger charge is 2.20. The Kier molecular flexibility index (Phi) is 4.83. The molecule has 0 spiro atoms. The highest BCUT2D eigenvalue weighted by Crippen LogP contribution is 2.38. The molecule has 0 saturated heterocycles. The van der Waals surface area contributed by atoms with Crippen LogP contribution < -0.4 is 0 Å². The van der Waals surface area contributed by atoms with Gasteiger partial charge in [0.25, 0.3) is 0 Å². The van der Waals surface area contributed by atoms with Gasteiger partial charge in [-0.3, -0.25) is 4.40 Å². The third kappa shape index (κ3) is 3.40. The van der Waals surface area contributed by atoms with Crippen molar-refractivity contribution < 1.29 is 4.42 Å². The van der Waals surface area contributed by atoms with Crippen molar-refractivity contribution in [3.05, 3.63) is 133 Å². The molecule has 0 aliphatic heterocycles.